The van der Waals surface area contributed by atoms with Gasteiger partial charge in [-0.25, -0.2) is 4.39 Å². The molecule has 1 fully saturated rings. The fourth-order valence-electron chi connectivity index (χ4n) is 3.48. The minimum Gasteiger partial charge on any atom is -0.484 e. The van der Waals surface area contributed by atoms with E-state index in [1.807, 2.05) is 12.1 Å². The van der Waals surface area contributed by atoms with E-state index in [0.29, 0.717) is 12.1 Å². The van der Waals surface area contributed by atoms with Gasteiger partial charge in [0.05, 0.1) is 0 Å². The van der Waals surface area contributed by atoms with Crippen molar-refractivity contribution in [1.29, 1.82) is 0 Å². The molecule has 1 amide bonds. The summed E-state index contributed by atoms with van der Waals surface area (Å²) in [6, 6.07) is 12.9. The number of benzene rings is 2. The Labute approximate surface area is 147 Å². The highest BCUT2D eigenvalue weighted by atomic mass is 19.1. The summed E-state index contributed by atoms with van der Waals surface area (Å²) in [7, 11) is 0. The van der Waals surface area contributed by atoms with Crippen LogP contribution in [0.5, 0.6) is 5.75 Å². The van der Waals surface area contributed by atoms with Gasteiger partial charge in [0.25, 0.3) is 5.91 Å². The van der Waals surface area contributed by atoms with E-state index in [-0.39, 0.29) is 24.4 Å². The van der Waals surface area contributed by atoms with Crippen LogP contribution in [-0.2, 0) is 24.2 Å². The molecule has 0 saturated heterocycles. The Morgan fingerprint density at radius 1 is 1.12 bits per heavy atom. The van der Waals surface area contributed by atoms with Crippen molar-refractivity contribution in [3.05, 3.63) is 65.0 Å². The van der Waals surface area contributed by atoms with E-state index in [0.717, 1.165) is 31.4 Å². The van der Waals surface area contributed by atoms with E-state index in [4.69, 9.17) is 4.74 Å². The third-order valence-electron chi connectivity index (χ3n) is 5.04. The first kappa shape index (κ1) is 16.1. The second-order valence-corrected chi connectivity index (χ2v) is 6.92. The zero-order valence-electron chi connectivity index (χ0n) is 14.2. The fraction of sp³-hybridized carbons (Fsp3) is 0.381. The largest absolute Gasteiger partial charge is 0.484 e. The smallest absolute Gasteiger partial charge is 0.261 e. The Hall–Kier alpha value is -2.36. The van der Waals surface area contributed by atoms with Crippen LogP contribution >= 0.6 is 0 Å². The van der Waals surface area contributed by atoms with E-state index >= 15 is 0 Å². The predicted molar refractivity (Wildman–Crippen MR) is 93.9 cm³/mol. The number of ether oxygens (including phenoxy) is 1. The molecule has 0 bridgehead atoms. The molecule has 0 aliphatic heterocycles. The Morgan fingerprint density at radius 2 is 1.92 bits per heavy atom. The van der Waals surface area contributed by atoms with Crippen LogP contribution < -0.4 is 4.74 Å². The van der Waals surface area contributed by atoms with Crippen molar-refractivity contribution in [1.82, 2.24) is 4.90 Å². The lowest BCUT2D eigenvalue weighted by Gasteiger charge is -2.23. The molecule has 130 valence electrons. The summed E-state index contributed by atoms with van der Waals surface area (Å²) in [5, 5.41) is 0. The summed E-state index contributed by atoms with van der Waals surface area (Å²) in [5.74, 6) is 0.405. The van der Waals surface area contributed by atoms with E-state index in [1.165, 1.54) is 23.6 Å². The van der Waals surface area contributed by atoms with Crippen molar-refractivity contribution in [3.8, 4) is 5.75 Å². The van der Waals surface area contributed by atoms with Gasteiger partial charge in [-0.3, -0.25) is 4.79 Å². The van der Waals surface area contributed by atoms with Gasteiger partial charge in [0.1, 0.15) is 11.6 Å². The third kappa shape index (κ3) is 3.68. The summed E-state index contributed by atoms with van der Waals surface area (Å²) >= 11 is 0. The summed E-state index contributed by atoms with van der Waals surface area (Å²) in [5.41, 5.74) is 3.27. The van der Waals surface area contributed by atoms with Crippen LogP contribution in [0.2, 0.25) is 0 Å². The van der Waals surface area contributed by atoms with Crippen LogP contribution in [0, 0.1) is 5.82 Å². The van der Waals surface area contributed by atoms with Crippen molar-refractivity contribution in [3.63, 3.8) is 0 Å². The van der Waals surface area contributed by atoms with Crippen molar-refractivity contribution in [2.75, 3.05) is 6.61 Å². The van der Waals surface area contributed by atoms with Crippen LogP contribution in [0.4, 0.5) is 4.39 Å². The number of aryl methyl sites for hydroxylation is 2. The molecule has 3 nitrogen and oxygen atoms in total. The van der Waals surface area contributed by atoms with E-state index in [2.05, 4.69) is 6.07 Å². The molecule has 2 aliphatic rings. The molecule has 0 spiro atoms. The molecule has 25 heavy (non-hydrogen) atoms. The highest BCUT2D eigenvalue weighted by Gasteiger charge is 2.33. The lowest BCUT2D eigenvalue weighted by Crippen LogP contribution is -2.36. The Kier molecular flexibility index (Phi) is 4.43. The summed E-state index contributed by atoms with van der Waals surface area (Å²) in [6.45, 7) is 0.313. The molecule has 0 aromatic heterocycles. The molecule has 4 rings (SSSR count). The van der Waals surface area contributed by atoms with Crippen molar-refractivity contribution in [2.24, 2.45) is 0 Å². The standard InChI is InChI=1S/C21H22FNO2/c22-20-7-2-1-4-17(20)13-23(18-9-10-18)21(24)14-25-19-11-8-15-5-3-6-16(15)12-19/h1-2,4,7-8,11-12,18H,3,5-6,9-10,13-14H2. The van der Waals surface area contributed by atoms with Crippen LogP contribution in [-0.4, -0.2) is 23.5 Å². The SMILES string of the molecule is O=C(COc1ccc2c(c1)CCC2)N(Cc1ccccc1F)C1CC1. The molecule has 0 N–H and O–H groups in total. The maximum Gasteiger partial charge on any atom is 0.261 e. The first-order valence-corrected chi connectivity index (χ1v) is 8.98. The molecule has 0 heterocycles. The fourth-order valence-corrected chi connectivity index (χ4v) is 3.48. The molecule has 2 aliphatic carbocycles. The highest BCUT2D eigenvalue weighted by molar-refractivity contribution is 5.78. The quantitative estimate of drug-likeness (QED) is 0.799. The van der Waals surface area contributed by atoms with Gasteiger partial charge in [-0.15, -0.1) is 0 Å². The van der Waals surface area contributed by atoms with E-state index < -0.39 is 0 Å². The van der Waals surface area contributed by atoms with Crippen molar-refractivity contribution in [2.45, 2.75) is 44.7 Å². The van der Waals surface area contributed by atoms with Gasteiger partial charge in [-0.05, 0) is 61.4 Å². The van der Waals surface area contributed by atoms with Gasteiger partial charge < -0.3 is 9.64 Å². The highest BCUT2D eigenvalue weighted by Crippen LogP contribution is 2.29. The first-order valence-electron chi connectivity index (χ1n) is 8.98. The van der Waals surface area contributed by atoms with Crippen molar-refractivity contribution < 1.29 is 13.9 Å². The normalized spacial score (nSPS) is 15.7. The van der Waals surface area contributed by atoms with Crippen LogP contribution in [0.25, 0.3) is 0 Å². The van der Waals surface area contributed by atoms with Gasteiger partial charge in [0.15, 0.2) is 6.61 Å². The van der Waals surface area contributed by atoms with Gasteiger partial charge in [0.2, 0.25) is 0 Å². The number of rotatable bonds is 6. The number of amides is 1. The number of carbonyl (C=O) groups is 1. The number of carbonyl (C=O) groups excluding carboxylic acids is 1. The topological polar surface area (TPSA) is 29.5 Å². The minimum absolute atomic E-state index is 0.00371. The first-order chi connectivity index (χ1) is 12.2. The monoisotopic (exact) mass is 339 g/mol. The Balaban J connectivity index is 1.40. The van der Waals surface area contributed by atoms with Gasteiger partial charge in [0, 0.05) is 18.2 Å². The predicted octanol–water partition coefficient (Wildman–Crippen LogP) is 3.88. The van der Waals surface area contributed by atoms with Gasteiger partial charge >= 0.3 is 0 Å². The number of hydrogen-bond donors (Lipinski definition) is 0. The maximum absolute atomic E-state index is 13.9. The second-order valence-electron chi connectivity index (χ2n) is 6.92. The molecule has 2 aromatic rings. The zero-order chi connectivity index (χ0) is 17.2. The summed E-state index contributed by atoms with van der Waals surface area (Å²) < 4.78 is 19.6. The molecule has 2 aromatic carbocycles. The molecular weight excluding hydrogens is 317 g/mol. The molecule has 1 saturated carbocycles. The zero-order valence-corrected chi connectivity index (χ0v) is 14.2. The number of hydrogen-bond acceptors (Lipinski definition) is 2. The van der Waals surface area contributed by atoms with Crippen LogP contribution in [0.1, 0.15) is 36.0 Å². The second kappa shape index (κ2) is 6.87. The maximum atomic E-state index is 13.9. The summed E-state index contributed by atoms with van der Waals surface area (Å²) in [4.78, 5) is 14.4. The van der Waals surface area contributed by atoms with E-state index in [9.17, 15) is 9.18 Å². The molecule has 4 heteroatoms. The van der Waals surface area contributed by atoms with Gasteiger partial charge in [-0.1, -0.05) is 24.3 Å². The third-order valence-corrected chi connectivity index (χ3v) is 5.04. The molecule has 0 radical (unpaired) electrons. The molecule has 0 atom stereocenters. The van der Waals surface area contributed by atoms with E-state index in [1.54, 1.807) is 23.1 Å². The summed E-state index contributed by atoms with van der Waals surface area (Å²) in [6.07, 6.45) is 5.38. The average Bonchev–Trinajstić information content (AvgIpc) is 3.35. The van der Waals surface area contributed by atoms with Gasteiger partial charge in [-0.2, -0.15) is 0 Å². The number of fused-ring (bicyclic) bond motifs is 1. The number of halogens is 1. The van der Waals surface area contributed by atoms with Crippen LogP contribution in [0.3, 0.4) is 0 Å². The average molecular weight is 339 g/mol. The Morgan fingerprint density at radius 3 is 2.72 bits per heavy atom. The Bertz CT molecular complexity index is 785. The lowest BCUT2D eigenvalue weighted by molar-refractivity contribution is -0.134. The minimum atomic E-state index is -0.263. The molecule has 0 unspecified atom stereocenters. The number of nitrogens with zero attached hydrogens (tertiary/aromatic N) is 1. The van der Waals surface area contributed by atoms with Crippen molar-refractivity contribution >= 4 is 5.91 Å². The van der Waals surface area contributed by atoms with Crippen LogP contribution in [0.15, 0.2) is 42.5 Å². The lowest BCUT2D eigenvalue weighted by atomic mass is 10.1. The molecular formula is C21H22FNO2.